The van der Waals surface area contributed by atoms with Gasteiger partial charge in [-0.15, -0.1) is 0 Å². The zero-order valence-electron chi connectivity index (χ0n) is 11.2. The molecule has 0 fully saturated rings. The number of nitrogens with one attached hydrogen (secondary N) is 1. The Balaban J connectivity index is 2.84. The van der Waals surface area contributed by atoms with E-state index >= 15 is 0 Å². The number of rotatable bonds is 5. The summed E-state index contributed by atoms with van der Waals surface area (Å²) in [5, 5.41) is 11.8. The maximum absolute atomic E-state index is 12.1. The van der Waals surface area contributed by atoms with Crippen LogP contribution in [0.15, 0.2) is 24.3 Å². The van der Waals surface area contributed by atoms with Gasteiger partial charge in [0.15, 0.2) is 0 Å². The van der Waals surface area contributed by atoms with Crippen molar-refractivity contribution in [3.63, 3.8) is 0 Å². The highest BCUT2D eigenvalue weighted by Gasteiger charge is 2.27. The highest BCUT2D eigenvalue weighted by molar-refractivity contribution is 6.30. The van der Waals surface area contributed by atoms with Crippen molar-refractivity contribution in [1.82, 2.24) is 5.32 Å². The summed E-state index contributed by atoms with van der Waals surface area (Å²) in [5.41, 5.74) is 0.382. The highest BCUT2D eigenvalue weighted by Crippen LogP contribution is 2.12. The number of hydrogen-bond acceptors (Lipinski definition) is 4. The SMILES string of the molecule is COC(=O)[C@H](NC(=O)c1ccc(Cl)cc1)[C@H](C)CC#N. The third-order valence-corrected chi connectivity index (χ3v) is 3.08. The summed E-state index contributed by atoms with van der Waals surface area (Å²) < 4.78 is 4.65. The van der Waals surface area contributed by atoms with Crippen LogP contribution in [0.25, 0.3) is 0 Å². The largest absolute Gasteiger partial charge is 0.467 e. The molecule has 0 saturated heterocycles. The van der Waals surface area contributed by atoms with Crippen molar-refractivity contribution < 1.29 is 14.3 Å². The summed E-state index contributed by atoms with van der Waals surface area (Å²) in [6.07, 6.45) is 0.140. The van der Waals surface area contributed by atoms with Gasteiger partial charge in [0, 0.05) is 22.9 Å². The van der Waals surface area contributed by atoms with Crippen molar-refractivity contribution in [2.45, 2.75) is 19.4 Å². The zero-order valence-corrected chi connectivity index (χ0v) is 12.0. The van der Waals surface area contributed by atoms with Crippen LogP contribution >= 0.6 is 11.6 Å². The second kappa shape index (κ2) is 7.51. The van der Waals surface area contributed by atoms with E-state index in [2.05, 4.69) is 10.1 Å². The fraction of sp³-hybridized carbons (Fsp3) is 0.357. The molecule has 1 aromatic carbocycles. The molecule has 5 nitrogen and oxygen atoms in total. The van der Waals surface area contributed by atoms with Gasteiger partial charge < -0.3 is 10.1 Å². The molecule has 1 aromatic rings. The first-order chi connectivity index (χ1) is 9.49. The summed E-state index contributed by atoms with van der Waals surface area (Å²) in [6, 6.07) is 7.40. The van der Waals surface area contributed by atoms with Crippen LogP contribution in [-0.2, 0) is 9.53 Å². The lowest BCUT2D eigenvalue weighted by atomic mass is 9.98. The number of carbonyl (C=O) groups excluding carboxylic acids is 2. The highest BCUT2D eigenvalue weighted by atomic mass is 35.5. The molecule has 0 aliphatic heterocycles. The number of carbonyl (C=O) groups is 2. The Morgan fingerprint density at radius 1 is 1.40 bits per heavy atom. The van der Waals surface area contributed by atoms with Gasteiger partial charge in [0.05, 0.1) is 13.2 Å². The Labute approximate surface area is 122 Å². The van der Waals surface area contributed by atoms with E-state index < -0.39 is 17.9 Å². The Morgan fingerprint density at radius 2 is 2.00 bits per heavy atom. The quantitative estimate of drug-likeness (QED) is 0.844. The minimum absolute atomic E-state index is 0.140. The van der Waals surface area contributed by atoms with Crippen molar-refractivity contribution in [2.24, 2.45) is 5.92 Å². The molecule has 106 valence electrons. The predicted molar refractivity (Wildman–Crippen MR) is 74.1 cm³/mol. The lowest BCUT2D eigenvalue weighted by Gasteiger charge is -2.21. The lowest BCUT2D eigenvalue weighted by molar-refractivity contribution is -0.144. The van der Waals surface area contributed by atoms with E-state index in [0.29, 0.717) is 10.6 Å². The van der Waals surface area contributed by atoms with Crippen molar-refractivity contribution in [3.05, 3.63) is 34.9 Å². The van der Waals surface area contributed by atoms with Gasteiger partial charge in [-0.3, -0.25) is 4.79 Å². The van der Waals surface area contributed by atoms with Crippen LogP contribution in [0.3, 0.4) is 0 Å². The van der Waals surface area contributed by atoms with Crippen molar-refractivity contribution in [2.75, 3.05) is 7.11 Å². The second-order valence-corrected chi connectivity index (χ2v) is 4.76. The van der Waals surface area contributed by atoms with Gasteiger partial charge in [-0.1, -0.05) is 18.5 Å². The standard InChI is InChI=1S/C14H15ClN2O3/c1-9(7-8-16)12(14(19)20-2)17-13(18)10-3-5-11(15)6-4-10/h3-6,9,12H,7H2,1-2H3,(H,17,18)/t9-,12-/m1/s1. The average Bonchev–Trinajstić information content (AvgIpc) is 2.44. The van der Waals surface area contributed by atoms with Crippen molar-refractivity contribution >= 4 is 23.5 Å². The summed E-state index contributed by atoms with van der Waals surface area (Å²) in [5.74, 6) is -1.33. The molecule has 0 aliphatic carbocycles. The smallest absolute Gasteiger partial charge is 0.328 e. The average molecular weight is 295 g/mol. The summed E-state index contributed by atoms with van der Waals surface area (Å²) in [6.45, 7) is 1.70. The minimum Gasteiger partial charge on any atom is -0.467 e. The first-order valence-corrected chi connectivity index (χ1v) is 6.38. The zero-order chi connectivity index (χ0) is 15.1. The first-order valence-electron chi connectivity index (χ1n) is 6.00. The molecule has 20 heavy (non-hydrogen) atoms. The normalized spacial score (nSPS) is 12.9. The molecule has 1 N–H and O–H groups in total. The third kappa shape index (κ3) is 4.25. The summed E-state index contributed by atoms with van der Waals surface area (Å²) in [7, 11) is 1.24. The molecule has 0 bridgehead atoms. The fourth-order valence-electron chi connectivity index (χ4n) is 1.65. The fourth-order valence-corrected chi connectivity index (χ4v) is 1.77. The maximum atomic E-state index is 12.1. The van der Waals surface area contributed by atoms with E-state index in [1.165, 1.54) is 7.11 Å². The molecule has 1 rings (SSSR count). The number of methoxy groups -OCH3 is 1. The van der Waals surface area contributed by atoms with E-state index in [1.54, 1.807) is 31.2 Å². The number of benzene rings is 1. The van der Waals surface area contributed by atoms with Crippen LogP contribution in [0.2, 0.25) is 5.02 Å². The van der Waals surface area contributed by atoms with E-state index in [1.807, 2.05) is 6.07 Å². The Kier molecular flexibility index (Phi) is 6.01. The molecule has 0 saturated carbocycles. The van der Waals surface area contributed by atoms with Gasteiger partial charge >= 0.3 is 5.97 Å². The number of hydrogen-bond donors (Lipinski definition) is 1. The molecule has 0 aromatic heterocycles. The van der Waals surface area contributed by atoms with Gasteiger partial charge in [0.1, 0.15) is 6.04 Å². The van der Waals surface area contributed by atoms with Crippen LogP contribution in [0.1, 0.15) is 23.7 Å². The van der Waals surface area contributed by atoms with Gasteiger partial charge in [0.25, 0.3) is 5.91 Å². The summed E-state index contributed by atoms with van der Waals surface area (Å²) in [4.78, 5) is 23.7. The van der Waals surface area contributed by atoms with E-state index in [-0.39, 0.29) is 12.3 Å². The minimum atomic E-state index is -0.858. The number of halogens is 1. The Morgan fingerprint density at radius 3 is 2.50 bits per heavy atom. The monoisotopic (exact) mass is 294 g/mol. The third-order valence-electron chi connectivity index (χ3n) is 2.83. The number of amides is 1. The molecule has 1 amide bonds. The van der Waals surface area contributed by atoms with E-state index in [0.717, 1.165) is 0 Å². The number of ether oxygens (including phenoxy) is 1. The van der Waals surface area contributed by atoms with Gasteiger partial charge in [-0.2, -0.15) is 5.26 Å². The van der Waals surface area contributed by atoms with Gasteiger partial charge in [-0.25, -0.2) is 4.79 Å². The predicted octanol–water partition coefficient (Wildman–Crippen LogP) is 2.16. The number of esters is 1. The van der Waals surface area contributed by atoms with Gasteiger partial charge in [-0.05, 0) is 24.3 Å². The summed E-state index contributed by atoms with van der Waals surface area (Å²) >= 11 is 5.74. The maximum Gasteiger partial charge on any atom is 0.328 e. The Hall–Kier alpha value is -2.06. The van der Waals surface area contributed by atoms with E-state index in [4.69, 9.17) is 16.9 Å². The molecule has 0 unspecified atom stereocenters. The first kappa shape index (κ1) is 16.0. The Bertz CT molecular complexity index is 522. The molecule has 0 radical (unpaired) electrons. The van der Waals surface area contributed by atoms with Crippen LogP contribution in [0, 0.1) is 17.2 Å². The lowest BCUT2D eigenvalue weighted by Crippen LogP contribution is -2.45. The molecule has 0 spiro atoms. The number of nitriles is 1. The van der Waals surface area contributed by atoms with E-state index in [9.17, 15) is 9.59 Å². The van der Waals surface area contributed by atoms with Crippen LogP contribution < -0.4 is 5.32 Å². The van der Waals surface area contributed by atoms with Crippen LogP contribution in [0.4, 0.5) is 0 Å². The van der Waals surface area contributed by atoms with Crippen molar-refractivity contribution in [1.29, 1.82) is 5.26 Å². The molecule has 0 aliphatic rings. The number of nitrogens with zero attached hydrogens (tertiary/aromatic N) is 1. The molecular formula is C14H15ClN2O3. The molecule has 2 atom stereocenters. The topological polar surface area (TPSA) is 79.2 Å². The second-order valence-electron chi connectivity index (χ2n) is 4.32. The van der Waals surface area contributed by atoms with Gasteiger partial charge in [0.2, 0.25) is 0 Å². The molecule has 0 heterocycles. The molecule has 6 heteroatoms. The molecular weight excluding hydrogens is 280 g/mol. The van der Waals surface area contributed by atoms with Crippen LogP contribution in [-0.4, -0.2) is 25.0 Å². The van der Waals surface area contributed by atoms with Crippen LogP contribution in [0.5, 0.6) is 0 Å². The van der Waals surface area contributed by atoms with Crippen molar-refractivity contribution in [3.8, 4) is 6.07 Å².